The van der Waals surface area contributed by atoms with Crippen LogP contribution in [0.1, 0.15) is 40.0 Å². The Balaban J connectivity index is 2.04. The van der Waals surface area contributed by atoms with Crippen LogP contribution in [0.4, 0.5) is 0 Å². The van der Waals surface area contributed by atoms with E-state index in [1.54, 1.807) is 0 Å². The Labute approximate surface area is 97.8 Å². The third-order valence-electron chi connectivity index (χ3n) is 3.20. The Kier molecular flexibility index (Phi) is 4.74. The Morgan fingerprint density at radius 3 is 2.62 bits per heavy atom. The molecule has 1 rings (SSSR count). The molecule has 1 fully saturated rings. The van der Waals surface area contributed by atoms with Crippen molar-refractivity contribution >= 4 is 5.91 Å². The molecule has 0 bridgehead atoms. The first-order valence-electron chi connectivity index (χ1n) is 6.14. The summed E-state index contributed by atoms with van der Waals surface area (Å²) in [4.78, 5) is 11.3. The van der Waals surface area contributed by atoms with Gasteiger partial charge in [0.05, 0.1) is 5.60 Å². The maximum absolute atomic E-state index is 11.3. The van der Waals surface area contributed by atoms with E-state index in [1.807, 2.05) is 20.8 Å². The average molecular weight is 228 g/mol. The van der Waals surface area contributed by atoms with E-state index in [4.69, 9.17) is 0 Å². The molecule has 0 aliphatic heterocycles. The minimum absolute atomic E-state index is 0.110. The number of carbonyl (C=O) groups excluding carboxylic acids is 1. The van der Waals surface area contributed by atoms with Crippen molar-refractivity contribution in [2.75, 3.05) is 13.1 Å². The number of nitrogens with one attached hydrogen (secondary N) is 2. The highest BCUT2D eigenvalue weighted by Gasteiger charge is 2.25. The van der Waals surface area contributed by atoms with Crippen molar-refractivity contribution in [1.29, 1.82) is 0 Å². The van der Waals surface area contributed by atoms with Crippen LogP contribution < -0.4 is 10.6 Å². The van der Waals surface area contributed by atoms with Gasteiger partial charge in [0, 0.05) is 25.6 Å². The highest BCUT2D eigenvalue weighted by molar-refractivity contribution is 5.76. The maximum Gasteiger partial charge on any atom is 0.221 e. The molecule has 0 radical (unpaired) electrons. The van der Waals surface area contributed by atoms with Crippen LogP contribution in [0.3, 0.4) is 0 Å². The first-order valence-corrected chi connectivity index (χ1v) is 6.14. The van der Waals surface area contributed by atoms with Crippen molar-refractivity contribution in [2.24, 2.45) is 5.92 Å². The molecule has 0 aromatic rings. The SMILES string of the molecule is CC(C)C(C)(O)CNCCC(=O)NC1CC1. The lowest BCUT2D eigenvalue weighted by Crippen LogP contribution is -2.43. The van der Waals surface area contributed by atoms with E-state index in [9.17, 15) is 9.90 Å². The summed E-state index contributed by atoms with van der Waals surface area (Å²) < 4.78 is 0. The molecular weight excluding hydrogens is 204 g/mol. The summed E-state index contributed by atoms with van der Waals surface area (Å²) in [6.45, 7) is 6.95. The van der Waals surface area contributed by atoms with E-state index >= 15 is 0 Å². The number of amides is 1. The number of aliphatic hydroxyl groups is 1. The van der Waals surface area contributed by atoms with E-state index in [0.717, 1.165) is 12.8 Å². The van der Waals surface area contributed by atoms with E-state index in [0.29, 0.717) is 25.6 Å². The molecule has 4 nitrogen and oxygen atoms in total. The summed E-state index contributed by atoms with van der Waals surface area (Å²) in [7, 11) is 0. The van der Waals surface area contributed by atoms with E-state index < -0.39 is 5.60 Å². The predicted molar refractivity (Wildman–Crippen MR) is 64.1 cm³/mol. The minimum atomic E-state index is -0.701. The second-order valence-electron chi connectivity index (χ2n) is 5.28. The van der Waals surface area contributed by atoms with Crippen molar-refractivity contribution in [1.82, 2.24) is 10.6 Å². The topological polar surface area (TPSA) is 61.4 Å². The number of hydrogen-bond acceptors (Lipinski definition) is 3. The van der Waals surface area contributed by atoms with Gasteiger partial charge in [0.2, 0.25) is 5.91 Å². The van der Waals surface area contributed by atoms with Gasteiger partial charge in [-0.1, -0.05) is 13.8 Å². The second kappa shape index (κ2) is 5.64. The standard InChI is InChI=1S/C12H24N2O2/c1-9(2)12(3,16)8-13-7-6-11(15)14-10-4-5-10/h9-10,13,16H,4-8H2,1-3H3,(H,14,15). The molecule has 0 saturated heterocycles. The summed E-state index contributed by atoms with van der Waals surface area (Å²) in [5.74, 6) is 0.319. The fourth-order valence-corrected chi connectivity index (χ4v) is 1.28. The molecule has 1 aliphatic rings. The van der Waals surface area contributed by atoms with Gasteiger partial charge >= 0.3 is 0 Å². The normalized spacial score (nSPS) is 19.6. The Bertz CT molecular complexity index is 235. The van der Waals surface area contributed by atoms with Gasteiger partial charge in [-0.3, -0.25) is 4.79 Å². The van der Waals surface area contributed by atoms with Crippen molar-refractivity contribution in [2.45, 2.75) is 51.7 Å². The van der Waals surface area contributed by atoms with Crippen LogP contribution in [0.2, 0.25) is 0 Å². The first kappa shape index (κ1) is 13.5. The molecule has 1 atom stereocenters. The van der Waals surface area contributed by atoms with E-state index in [-0.39, 0.29) is 11.8 Å². The molecule has 16 heavy (non-hydrogen) atoms. The van der Waals surface area contributed by atoms with Gasteiger partial charge < -0.3 is 15.7 Å². The smallest absolute Gasteiger partial charge is 0.221 e. The van der Waals surface area contributed by atoms with Crippen molar-refractivity contribution in [3.63, 3.8) is 0 Å². The van der Waals surface area contributed by atoms with Crippen LogP contribution in [0.15, 0.2) is 0 Å². The first-order chi connectivity index (χ1) is 7.42. The van der Waals surface area contributed by atoms with Crippen LogP contribution in [-0.2, 0) is 4.79 Å². The average Bonchev–Trinajstić information content (AvgIpc) is 2.96. The summed E-state index contributed by atoms with van der Waals surface area (Å²) in [5.41, 5.74) is -0.701. The van der Waals surface area contributed by atoms with Gasteiger partial charge in [-0.25, -0.2) is 0 Å². The molecule has 0 aromatic heterocycles. The van der Waals surface area contributed by atoms with Crippen LogP contribution in [0.5, 0.6) is 0 Å². The monoisotopic (exact) mass is 228 g/mol. The van der Waals surface area contributed by atoms with Crippen LogP contribution in [0, 0.1) is 5.92 Å². The molecule has 4 heteroatoms. The van der Waals surface area contributed by atoms with Crippen LogP contribution in [-0.4, -0.2) is 35.7 Å². The Hall–Kier alpha value is -0.610. The third-order valence-corrected chi connectivity index (χ3v) is 3.20. The quantitative estimate of drug-likeness (QED) is 0.561. The zero-order valence-corrected chi connectivity index (χ0v) is 10.5. The highest BCUT2D eigenvalue weighted by atomic mass is 16.3. The van der Waals surface area contributed by atoms with E-state index in [1.165, 1.54) is 0 Å². The summed E-state index contributed by atoms with van der Waals surface area (Å²) in [6.07, 6.45) is 2.74. The molecular formula is C12H24N2O2. The second-order valence-corrected chi connectivity index (χ2v) is 5.28. The number of rotatable bonds is 7. The minimum Gasteiger partial charge on any atom is -0.389 e. The maximum atomic E-state index is 11.3. The van der Waals surface area contributed by atoms with Crippen molar-refractivity contribution in [3.05, 3.63) is 0 Å². The molecule has 3 N–H and O–H groups in total. The lowest BCUT2D eigenvalue weighted by atomic mass is 9.92. The van der Waals surface area contributed by atoms with Crippen molar-refractivity contribution < 1.29 is 9.90 Å². The fraction of sp³-hybridized carbons (Fsp3) is 0.917. The zero-order chi connectivity index (χ0) is 12.2. The van der Waals surface area contributed by atoms with Gasteiger partial charge in [-0.15, -0.1) is 0 Å². The lowest BCUT2D eigenvalue weighted by Gasteiger charge is -2.27. The summed E-state index contributed by atoms with van der Waals surface area (Å²) >= 11 is 0. The Morgan fingerprint density at radius 2 is 2.12 bits per heavy atom. The molecule has 0 aromatic carbocycles. The zero-order valence-electron chi connectivity index (χ0n) is 10.5. The van der Waals surface area contributed by atoms with Gasteiger partial charge in [0.1, 0.15) is 0 Å². The summed E-state index contributed by atoms with van der Waals surface area (Å²) in [5, 5.41) is 16.0. The summed E-state index contributed by atoms with van der Waals surface area (Å²) in [6, 6.07) is 0.436. The molecule has 0 spiro atoms. The van der Waals surface area contributed by atoms with Gasteiger partial charge in [-0.2, -0.15) is 0 Å². The van der Waals surface area contributed by atoms with Gasteiger partial charge in [-0.05, 0) is 25.7 Å². The molecule has 0 heterocycles. The van der Waals surface area contributed by atoms with Crippen molar-refractivity contribution in [3.8, 4) is 0 Å². The molecule has 1 unspecified atom stereocenters. The predicted octanol–water partition coefficient (Wildman–Crippen LogP) is 0.652. The van der Waals surface area contributed by atoms with Crippen LogP contribution in [0.25, 0.3) is 0 Å². The Morgan fingerprint density at radius 1 is 1.50 bits per heavy atom. The lowest BCUT2D eigenvalue weighted by molar-refractivity contribution is -0.121. The third kappa shape index (κ3) is 4.94. The van der Waals surface area contributed by atoms with Gasteiger partial charge in [0.25, 0.3) is 0 Å². The number of hydrogen-bond donors (Lipinski definition) is 3. The largest absolute Gasteiger partial charge is 0.389 e. The fourth-order valence-electron chi connectivity index (χ4n) is 1.28. The van der Waals surface area contributed by atoms with Gasteiger partial charge in [0.15, 0.2) is 0 Å². The molecule has 1 amide bonds. The van der Waals surface area contributed by atoms with E-state index in [2.05, 4.69) is 10.6 Å². The van der Waals surface area contributed by atoms with Crippen LogP contribution >= 0.6 is 0 Å². The molecule has 94 valence electrons. The molecule has 1 saturated carbocycles. The highest BCUT2D eigenvalue weighted by Crippen LogP contribution is 2.18. The number of carbonyl (C=O) groups is 1. The molecule has 1 aliphatic carbocycles.